The molecule has 0 fully saturated rings. The molecule has 4 heteroatoms. The summed E-state index contributed by atoms with van der Waals surface area (Å²) in [5.74, 6) is 0. The van der Waals surface area contributed by atoms with Crippen molar-refractivity contribution < 1.29 is 0 Å². The second-order valence-corrected chi connectivity index (χ2v) is 1.02. The molecule has 0 saturated heterocycles. The van der Waals surface area contributed by atoms with Crippen LogP contribution in [0.1, 0.15) is 0 Å². The second kappa shape index (κ2) is 1.51. The summed E-state index contributed by atoms with van der Waals surface area (Å²) in [7, 11) is 0. The van der Waals surface area contributed by atoms with Gasteiger partial charge in [0.1, 0.15) is 6.20 Å². The molecule has 1 heterocycles. The number of hydrogen-bond donors (Lipinski definition) is 0. The van der Waals surface area contributed by atoms with Crippen LogP contribution < -0.4 is 5.22 Å². The molecule has 0 N–H and O–H groups in total. The molecule has 1 aromatic heterocycles. The van der Waals surface area contributed by atoms with Crippen molar-refractivity contribution in [1.82, 2.24) is 15.1 Å². The first-order valence-electron chi connectivity index (χ1n) is 1.78. The van der Waals surface area contributed by atoms with Crippen LogP contribution in [0.4, 0.5) is 0 Å². The molecule has 0 amide bonds. The van der Waals surface area contributed by atoms with E-state index in [0.29, 0.717) is 0 Å². The minimum Gasteiger partial charge on any atom is -0.215 e. The van der Waals surface area contributed by atoms with Crippen LogP contribution in [0.3, 0.4) is 0 Å². The lowest BCUT2D eigenvalue weighted by atomic mass is 10.8. The van der Waals surface area contributed by atoms with Gasteiger partial charge in [-0.3, -0.25) is 0 Å². The van der Waals surface area contributed by atoms with Crippen LogP contribution in [0.2, 0.25) is 0 Å². The van der Waals surface area contributed by atoms with Gasteiger partial charge in [0, 0.05) is 6.20 Å². The first-order valence-corrected chi connectivity index (χ1v) is 1.78. The topological polar surface area (TPSA) is 54.2 Å². The average molecular weight is 95.1 g/mol. The smallest absolute Gasteiger partial charge is 0.143 e. The highest BCUT2D eigenvalue weighted by atomic mass is 15.5. The maximum Gasteiger partial charge on any atom is 0.143 e. The minimum atomic E-state index is 1.06. The molecule has 0 atom stereocenters. The van der Waals surface area contributed by atoms with E-state index in [4.69, 9.17) is 5.53 Å². The molecule has 0 spiro atoms. The van der Waals surface area contributed by atoms with Crippen molar-refractivity contribution in [2.45, 2.75) is 0 Å². The zero-order chi connectivity index (χ0) is 5.11. The third kappa shape index (κ3) is 0.623. The van der Waals surface area contributed by atoms with E-state index in [9.17, 15) is 0 Å². The fourth-order valence-corrected chi connectivity index (χ4v) is 0.314. The van der Waals surface area contributed by atoms with E-state index in [-0.39, 0.29) is 0 Å². The molecule has 0 aromatic carbocycles. The van der Waals surface area contributed by atoms with Crippen LogP contribution in [0.15, 0.2) is 18.5 Å². The highest BCUT2D eigenvalue weighted by Gasteiger charge is 1.79. The molecule has 0 saturated carbocycles. The van der Waals surface area contributed by atoms with Gasteiger partial charge in [-0.25, -0.2) is 5.53 Å². The van der Waals surface area contributed by atoms with Crippen LogP contribution in [0.5, 0.6) is 0 Å². The summed E-state index contributed by atoms with van der Waals surface area (Å²) >= 11 is 0. The Bertz CT molecular complexity index is 142. The molecular formula is C3H3N4. The number of aromatic nitrogens is 2. The Labute approximate surface area is 40.2 Å². The Kier molecular flexibility index (Phi) is 0.856. The summed E-state index contributed by atoms with van der Waals surface area (Å²) < 4.78 is 0. The quantitative estimate of drug-likeness (QED) is 0.453. The van der Waals surface area contributed by atoms with Gasteiger partial charge >= 0.3 is 0 Å². The van der Waals surface area contributed by atoms with Crippen LogP contribution in [-0.4, -0.2) is 9.89 Å². The van der Waals surface area contributed by atoms with Gasteiger partial charge in [-0.15, -0.1) is 0 Å². The largest absolute Gasteiger partial charge is 0.215 e. The van der Waals surface area contributed by atoms with Crippen molar-refractivity contribution in [3.8, 4) is 0 Å². The minimum absolute atomic E-state index is 1.06. The lowest BCUT2D eigenvalue weighted by Gasteiger charge is -1.73. The second-order valence-electron chi connectivity index (χ2n) is 1.02. The maximum atomic E-state index is 7.95. The van der Waals surface area contributed by atoms with Gasteiger partial charge in [0.25, 0.3) is 0 Å². The Morgan fingerprint density at radius 2 is 2.57 bits per heavy atom. The van der Waals surface area contributed by atoms with Crippen LogP contribution in [0.25, 0.3) is 5.53 Å². The highest BCUT2D eigenvalue weighted by Crippen LogP contribution is 1.73. The van der Waals surface area contributed by atoms with Crippen LogP contribution in [0, 0.1) is 0 Å². The van der Waals surface area contributed by atoms with E-state index in [1.54, 1.807) is 6.07 Å². The van der Waals surface area contributed by atoms with Crippen molar-refractivity contribution in [2.24, 2.45) is 0 Å². The molecule has 0 aliphatic rings. The summed E-state index contributed by atoms with van der Waals surface area (Å²) in [5, 5.41) is 6.27. The molecule has 0 bridgehead atoms. The van der Waals surface area contributed by atoms with Crippen molar-refractivity contribution in [3.05, 3.63) is 24.0 Å². The standard InChI is InChI=1S/C3H3N4/c4-6-7-3-1-2-5-7/h1-3H. The molecule has 1 aromatic rings. The Balaban J connectivity index is 2.96. The van der Waals surface area contributed by atoms with Crippen LogP contribution >= 0.6 is 0 Å². The fraction of sp³-hybridized carbons (Fsp3) is 0. The third-order valence-corrected chi connectivity index (χ3v) is 0.582. The van der Waals surface area contributed by atoms with Crippen molar-refractivity contribution >= 4 is 0 Å². The van der Waals surface area contributed by atoms with Crippen molar-refractivity contribution in [3.63, 3.8) is 0 Å². The predicted molar refractivity (Wildman–Crippen MR) is 23.1 cm³/mol. The van der Waals surface area contributed by atoms with E-state index >= 15 is 0 Å². The molecular weight excluding hydrogens is 92.1 g/mol. The van der Waals surface area contributed by atoms with Gasteiger partial charge in [0.05, 0.1) is 0 Å². The predicted octanol–water partition coefficient (Wildman–Crippen LogP) is 0.00360. The highest BCUT2D eigenvalue weighted by molar-refractivity contribution is 4.75. The number of hydrogen-bond acceptors (Lipinski definition) is 2. The third-order valence-electron chi connectivity index (χ3n) is 0.582. The molecule has 1 rings (SSSR count). The summed E-state index contributed by atoms with van der Waals surface area (Å²) in [6, 6.07) is 1.67. The van der Waals surface area contributed by atoms with E-state index in [1.807, 2.05) is 0 Å². The van der Waals surface area contributed by atoms with Gasteiger partial charge in [0.15, 0.2) is 0 Å². The summed E-state index contributed by atoms with van der Waals surface area (Å²) in [6.07, 6.45) is 3.06. The van der Waals surface area contributed by atoms with Crippen molar-refractivity contribution in [2.75, 3.05) is 0 Å². The number of rotatable bonds is 1. The fourth-order valence-electron chi connectivity index (χ4n) is 0.314. The lowest BCUT2D eigenvalue weighted by Crippen LogP contribution is -1.95. The van der Waals surface area contributed by atoms with Crippen molar-refractivity contribution in [1.29, 1.82) is 0 Å². The first-order chi connectivity index (χ1) is 3.43. The number of nitrogens with zero attached hydrogens (tertiary/aromatic N) is 4. The molecule has 1 radical (unpaired) electrons. The molecule has 0 unspecified atom stereocenters. The molecule has 0 aliphatic heterocycles. The summed E-state index contributed by atoms with van der Waals surface area (Å²) in [4.78, 5) is 1.06. The Morgan fingerprint density at radius 1 is 1.71 bits per heavy atom. The normalized spacial score (nSPS) is 8.57. The Morgan fingerprint density at radius 3 is 2.86 bits per heavy atom. The molecule has 4 nitrogen and oxygen atoms in total. The van der Waals surface area contributed by atoms with Gasteiger partial charge in [-0.2, -0.15) is 0 Å². The monoisotopic (exact) mass is 95.0 g/mol. The SMILES string of the molecule is [N-]=[N+]n1cccn1. The average Bonchev–Trinajstić information content (AvgIpc) is 2.14. The van der Waals surface area contributed by atoms with Crippen LogP contribution in [-0.2, 0) is 0 Å². The molecule has 0 aliphatic carbocycles. The van der Waals surface area contributed by atoms with E-state index in [1.165, 1.54) is 12.4 Å². The maximum absolute atomic E-state index is 7.95. The summed E-state index contributed by atoms with van der Waals surface area (Å²) in [6.45, 7) is 0. The lowest BCUT2D eigenvalue weighted by molar-refractivity contribution is 0.661. The first kappa shape index (κ1) is 3.98. The van der Waals surface area contributed by atoms with E-state index < -0.39 is 0 Å². The van der Waals surface area contributed by atoms with E-state index in [2.05, 4.69) is 10.3 Å². The van der Waals surface area contributed by atoms with Gasteiger partial charge in [0.2, 0.25) is 0 Å². The molecule has 35 valence electrons. The van der Waals surface area contributed by atoms with Gasteiger partial charge in [-0.1, -0.05) is 4.79 Å². The molecule has 7 heavy (non-hydrogen) atoms. The Hall–Kier alpha value is -1.19. The zero-order valence-electron chi connectivity index (χ0n) is 3.52. The zero-order valence-corrected chi connectivity index (χ0v) is 3.52. The van der Waals surface area contributed by atoms with Gasteiger partial charge in [-0.05, 0) is 16.4 Å². The summed E-state index contributed by atoms with van der Waals surface area (Å²) in [5.41, 5.74) is 7.95. The van der Waals surface area contributed by atoms with E-state index in [0.717, 1.165) is 4.79 Å². The van der Waals surface area contributed by atoms with Gasteiger partial charge < -0.3 is 0 Å².